The summed E-state index contributed by atoms with van der Waals surface area (Å²) in [4.78, 5) is 18.2. The standard InChI is InChI=1S/C26H29N3O3/c1-18-5-8-20(9-6-18)28-11-12-29-24-15-21(31-2)10-7-19(24)14-23(25(29)17-28)26(30)27-16-22-4-3-13-32-22/h3-10,13,15,23,25H,11-12,14,16-17H2,1-2H3,(H,27,30)/t23-,25-/m1/s1. The quantitative estimate of drug-likeness (QED) is 0.666. The first kappa shape index (κ1) is 20.5. The van der Waals surface area contributed by atoms with Gasteiger partial charge in [-0.1, -0.05) is 23.8 Å². The predicted molar refractivity (Wildman–Crippen MR) is 125 cm³/mol. The molecule has 0 aliphatic carbocycles. The molecule has 2 atom stereocenters. The third-order valence-electron chi connectivity index (χ3n) is 6.68. The molecule has 2 aliphatic rings. The lowest BCUT2D eigenvalue weighted by Crippen LogP contribution is -2.61. The molecule has 3 aromatic rings. The van der Waals surface area contributed by atoms with E-state index in [9.17, 15) is 4.79 Å². The third kappa shape index (κ3) is 3.93. The van der Waals surface area contributed by atoms with E-state index in [-0.39, 0.29) is 17.9 Å². The molecule has 0 unspecified atom stereocenters. The topological polar surface area (TPSA) is 58.0 Å². The average Bonchev–Trinajstić information content (AvgIpc) is 3.35. The minimum Gasteiger partial charge on any atom is -0.497 e. The number of hydrogen-bond donors (Lipinski definition) is 1. The Morgan fingerprint density at radius 3 is 2.75 bits per heavy atom. The van der Waals surface area contributed by atoms with Crippen molar-refractivity contribution in [3.63, 3.8) is 0 Å². The maximum Gasteiger partial charge on any atom is 0.225 e. The van der Waals surface area contributed by atoms with Crippen molar-refractivity contribution in [2.75, 3.05) is 36.5 Å². The molecule has 0 radical (unpaired) electrons. The summed E-state index contributed by atoms with van der Waals surface area (Å²) in [7, 11) is 1.70. The Bertz CT molecular complexity index is 1080. The molecule has 2 aromatic carbocycles. The molecule has 32 heavy (non-hydrogen) atoms. The van der Waals surface area contributed by atoms with Gasteiger partial charge in [-0.25, -0.2) is 0 Å². The van der Waals surface area contributed by atoms with Crippen molar-refractivity contribution in [2.45, 2.75) is 25.9 Å². The van der Waals surface area contributed by atoms with Crippen LogP contribution >= 0.6 is 0 Å². The molecule has 3 heterocycles. The highest BCUT2D eigenvalue weighted by Gasteiger charge is 2.41. The third-order valence-corrected chi connectivity index (χ3v) is 6.68. The molecule has 1 saturated heterocycles. The van der Waals surface area contributed by atoms with Crippen LogP contribution in [0, 0.1) is 12.8 Å². The summed E-state index contributed by atoms with van der Waals surface area (Å²) < 4.78 is 10.9. The van der Waals surface area contributed by atoms with Crippen LogP contribution < -0.4 is 19.9 Å². The van der Waals surface area contributed by atoms with Crippen molar-refractivity contribution in [3.05, 3.63) is 77.7 Å². The lowest BCUT2D eigenvalue weighted by Gasteiger charge is -2.49. The minimum atomic E-state index is -0.140. The van der Waals surface area contributed by atoms with Gasteiger partial charge in [0.2, 0.25) is 5.91 Å². The number of nitrogens with one attached hydrogen (secondary N) is 1. The zero-order valence-electron chi connectivity index (χ0n) is 18.6. The Kier molecular flexibility index (Phi) is 5.52. The number of aryl methyl sites for hydroxylation is 1. The van der Waals surface area contributed by atoms with Crippen molar-refractivity contribution < 1.29 is 13.9 Å². The first-order chi connectivity index (χ1) is 15.6. The Morgan fingerprint density at radius 1 is 1.16 bits per heavy atom. The normalized spacial score (nSPS) is 19.8. The van der Waals surface area contributed by atoms with E-state index in [1.165, 1.54) is 22.5 Å². The number of ether oxygens (including phenoxy) is 1. The number of nitrogens with zero attached hydrogens (tertiary/aromatic N) is 2. The van der Waals surface area contributed by atoms with Gasteiger partial charge in [0, 0.05) is 37.1 Å². The number of rotatable bonds is 5. The van der Waals surface area contributed by atoms with E-state index < -0.39 is 0 Å². The first-order valence-corrected chi connectivity index (χ1v) is 11.2. The van der Waals surface area contributed by atoms with Gasteiger partial charge in [-0.3, -0.25) is 4.79 Å². The molecule has 1 fully saturated rings. The van der Waals surface area contributed by atoms with E-state index >= 15 is 0 Å². The second-order valence-electron chi connectivity index (χ2n) is 8.64. The number of benzene rings is 2. The number of hydrogen-bond acceptors (Lipinski definition) is 5. The van der Waals surface area contributed by atoms with Gasteiger partial charge >= 0.3 is 0 Å². The Balaban J connectivity index is 1.43. The van der Waals surface area contributed by atoms with Crippen LogP contribution in [0.5, 0.6) is 5.75 Å². The lowest BCUT2D eigenvalue weighted by molar-refractivity contribution is -0.126. The molecule has 0 saturated carbocycles. The largest absolute Gasteiger partial charge is 0.497 e. The second-order valence-corrected chi connectivity index (χ2v) is 8.64. The van der Waals surface area contributed by atoms with Crippen LogP contribution in [0.15, 0.2) is 65.3 Å². The van der Waals surface area contributed by atoms with Crippen LogP contribution in [-0.4, -0.2) is 38.7 Å². The van der Waals surface area contributed by atoms with Gasteiger partial charge < -0.3 is 24.3 Å². The van der Waals surface area contributed by atoms with E-state index in [0.29, 0.717) is 13.0 Å². The molecule has 1 N–H and O–H groups in total. The minimum absolute atomic E-state index is 0.0728. The molecule has 1 aromatic heterocycles. The van der Waals surface area contributed by atoms with E-state index in [1.54, 1.807) is 13.4 Å². The van der Waals surface area contributed by atoms with Crippen LogP contribution in [0.25, 0.3) is 0 Å². The number of carbonyl (C=O) groups excluding carboxylic acids is 1. The maximum absolute atomic E-state index is 13.3. The fourth-order valence-corrected chi connectivity index (χ4v) is 4.91. The molecule has 5 rings (SSSR count). The zero-order valence-corrected chi connectivity index (χ0v) is 18.6. The summed E-state index contributed by atoms with van der Waals surface area (Å²) in [5, 5.41) is 3.10. The monoisotopic (exact) mass is 431 g/mol. The smallest absolute Gasteiger partial charge is 0.225 e. The predicted octanol–water partition coefficient (Wildman–Crippen LogP) is 3.78. The van der Waals surface area contributed by atoms with E-state index in [0.717, 1.165) is 31.1 Å². The maximum atomic E-state index is 13.3. The highest BCUT2D eigenvalue weighted by atomic mass is 16.5. The van der Waals surface area contributed by atoms with Crippen LogP contribution in [0.4, 0.5) is 11.4 Å². The van der Waals surface area contributed by atoms with E-state index in [1.807, 2.05) is 18.2 Å². The Hall–Kier alpha value is -3.41. The fraction of sp³-hybridized carbons (Fsp3) is 0.346. The number of furan rings is 1. The number of methoxy groups -OCH3 is 1. The number of piperazine rings is 1. The Labute approximate surface area is 188 Å². The fourth-order valence-electron chi connectivity index (χ4n) is 4.91. The summed E-state index contributed by atoms with van der Waals surface area (Å²) in [6.45, 7) is 5.09. The Morgan fingerprint density at radius 2 is 2.00 bits per heavy atom. The molecule has 166 valence electrons. The number of fused-ring (bicyclic) bond motifs is 3. The number of amides is 1. The molecule has 0 spiro atoms. The van der Waals surface area contributed by atoms with Gasteiger partial charge in [-0.05, 0) is 49.2 Å². The molecule has 0 bridgehead atoms. The van der Waals surface area contributed by atoms with Gasteiger partial charge in [0.25, 0.3) is 0 Å². The molecule has 1 amide bonds. The second kappa shape index (κ2) is 8.61. The van der Waals surface area contributed by atoms with Crippen LogP contribution in [0.2, 0.25) is 0 Å². The lowest BCUT2D eigenvalue weighted by atomic mass is 9.83. The van der Waals surface area contributed by atoms with Crippen LogP contribution in [0.3, 0.4) is 0 Å². The summed E-state index contributed by atoms with van der Waals surface area (Å²) in [5.41, 5.74) is 4.85. The van der Waals surface area contributed by atoms with E-state index in [2.05, 4.69) is 58.4 Å². The van der Waals surface area contributed by atoms with Crippen molar-refractivity contribution in [1.29, 1.82) is 0 Å². The van der Waals surface area contributed by atoms with Crippen molar-refractivity contribution in [2.24, 2.45) is 5.92 Å². The highest BCUT2D eigenvalue weighted by molar-refractivity contribution is 5.82. The van der Waals surface area contributed by atoms with Gasteiger partial charge in [0.05, 0.1) is 31.9 Å². The van der Waals surface area contributed by atoms with Crippen molar-refractivity contribution >= 4 is 17.3 Å². The van der Waals surface area contributed by atoms with Crippen molar-refractivity contribution in [3.8, 4) is 5.75 Å². The van der Waals surface area contributed by atoms with Gasteiger partial charge in [-0.15, -0.1) is 0 Å². The van der Waals surface area contributed by atoms with E-state index in [4.69, 9.17) is 9.15 Å². The SMILES string of the molecule is COc1ccc2c(c1)N1CCN(c3ccc(C)cc3)C[C@@H]1[C@H](C(=O)NCc1ccco1)C2. The summed E-state index contributed by atoms with van der Waals surface area (Å²) >= 11 is 0. The average molecular weight is 432 g/mol. The zero-order chi connectivity index (χ0) is 22.1. The van der Waals surface area contributed by atoms with Gasteiger partial charge in [0.1, 0.15) is 11.5 Å². The molecular formula is C26H29N3O3. The van der Waals surface area contributed by atoms with Gasteiger partial charge in [-0.2, -0.15) is 0 Å². The molecule has 2 aliphatic heterocycles. The summed E-state index contributed by atoms with van der Waals surface area (Å²) in [5.74, 6) is 1.55. The number of anilines is 2. The number of carbonyl (C=O) groups is 1. The van der Waals surface area contributed by atoms with Crippen molar-refractivity contribution in [1.82, 2.24) is 5.32 Å². The van der Waals surface area contributed by atoms with Crippen LogP contribution in [0.1, 0.15) is 16.9 Å². The highest BCUT2D eigenvalue weighted by Crippen LogP contribution is 2.39. The summed E-state index contributed by atoms with van der Waals surface area (Å²) in [6.07, 6.45) is 2.35. The van der Waals surface area contributed by atoms with Gasteiger partial charge in [0.15, 0.2) is 0 Å². The van der Waals surface area contributed by atoms with Crippen LogP contribution in [-0.2, 0) is 17.8 Å². The molecule has 6 nitrogen and oxygen atoms in total. The summed E-state index contributed by atoms with van der Waals surface area (Å²) in [6, 6.07) is 18.7. The first-order valence-electron chi connectivity index (χ1n) is 11.2. The molecule has 6 heteroatoms. The molecular weight excluding hydrogens is 402 g/mol.